The van der Waals surface area contributed by atoms with E-state index < -0.39 is 0 Å². The van der Waals surface area contributed by atoms with Gasteiger partial charge in [0.15, 0.2) is 11.5 Å². The Morgan fingerprint density at radius 3 is 2.58 bits per heavy atom. The topological polar surface area (TPSA) is 56.6 Å². The van der Waals surface area contributed by atoms with Gasteiger partial charge in [-0.05, 0) is 37.6 Å². The van der Waals surface area contributed by atoms with Crippen LogP contribution >= 0.6 is 11.3 Å². The van der Waals surface area contributed by atoms with E-state index in [0.29, 0.717) is 24.6 Å². The Morgan fingerprint density at radius 2 is 1.96 bits per heavy atom. The number of aromatic nitrogens is 2. The lowest BCUT2D eigenvalue weighted by Gasteiger charge is -2.21. The van der Waals surface area contributed by atoms with Crippen LogP contribution in [0, 0.1) is 6.92 Å². The third kappa shape index (κ3) is 3.26. The molecule has 2 heterocycles. The Kier molecular flexibility index (Phi) is 5.18. The van der Waals surface area contributed by atoms with Crippen molar-refractivity contribution >= 4 is 27.5 Å². The highest BCUT2D eigenvalue weighted by molar-refractivity contribution is 7.20. The number of carbonyl (C=O) groups is 1. The van der Waals surface area contributed by atoms with Gasteiger partial charge in [0.05, 0.1) is 24.8 Å². The van der Waals surface area contributed by atoms with E-state index in [9.17, 15) is 4.79 Å². The molecule has 1 aromatic carbocycles. The number of benzene rings is 1. The Hall–Kier alpha value is -2.54. The molecule has 0 N–H and O–H groups in total. The van der Waals surface area contributed by atoms with E-state index >= 15 is 0 Å². The number of rotatable bonds is 6. The molecule has 0 saturated heterocycles. The molecule has 138 valence electrons. The molecule has 3 rings (SSSR count). The largest absolute Gasteiger partial charge is 0.493 e. The Morgan fingerprint density at radius 1 is 1.23 bits per heavy atom. The summed E-state index contributed by atoms with van der Waals surface area (Å²) < 4.78 is 12.5. The third-order valence-corrected chi connectivity index (χ3v) is 5.59. The second-order valence-electron chi connectivity index (χ2n) is 6.05. The number of fused-ring (bicyclic) bond motifs is 1. The molecule has 0 fully saturated rings. The molecular formula is C19H23N3O3S. The highest BCUT2D eigenvalue weighted by Crippen LogP contribution is 2.30. The predicted molar refractivity (Wildman–Crippen MR) is 103 cm³/mol. The first-order valence-electron chi connectivity index (χ1n) is 8.41. The van der Waals surface area contributed by atoms with Crippen molar-refractivity contribution in [2.75, 3.05) is 20.8 Å². The Bertz CT molecular complexity index is 911. The molecule has 0 aliphatic heterocycles. The van der Waals surface area contributed by atoms with Crippen molar-refractivity contribution in [2.24, 2.45) is 7.05 Å². The summed E-state index contributed by atoms with van der Waals surface area (Å²) in [6.45, 7) is 5.09. The van der Waals surface area contributed by atoms with E-state index in [0.717, 1.165) is 26.4 Å². The van der Waals surface area contributed by atoms with Crippen LogP contribution in [-0.2, 0) is 13.6 Å². The number of amides is 1. The van der Waals surface area contributed by atoms with E-state index in [1.807, 2.05) is 54.7 Å². The molecule has 0 atom stereocenters. The van der Waals surface area contributed by atoms with Gasteiger partial charge in [0.1, 0.15) is 4.83 Å². The average molecular weight is 373 g/mol. The van der Waals surface area contributed by atoms with Crippen LogP contribution in [0.4, 0.5) is 0 Å². The van der Waals surface area contributed by atoms with E-state index in [4.69, 9.17) is 9.47 Å². The van der Waals surface area contributed by atoms with Crippen molar-refractivity contribution in [3.05, 3.63) is 40.4 Å². The molecule has 3 aromatic rings. The second-order valence-corrected chi connectivity index (χ2v) is 7.08. The van der Waals surface area contributed by atoms with Gasteiger partial charge in [0.25, 0.3) is 5.91 Å². The molecule has 0 saturated carbocycles. The van der Waals surface area contributed by atoms with Crippen molar-refractivity contribution in [2.45, 2.75) is 20.4 Å². The maximum atomic E-state index is 13.0. The quantitative estimate of drug-likeness (QED) is 0.662. The van der Waals surface area contributed by atoms with Crippen molar-refractivity contribution in [1.82, 2.24) is 14.7 Å². The molecule has 7 heteroatoms. The molecule has 0 aliphatic carbocycles. The highest BCUT2D eigenvalue weighted by Gasteiger charge is 2.20. The van der Waals surface area contributed by atoms with Crippen molar-refractivity contribution < 1.29 is 14.3 Å². The van der Waals surface area contributed by atoms with E-state index in [2.05, 4.69) is 5.10 Å². The SMILES string of the molecule is CCN(Cc1ccc(OC)c(OC)c1)C(=O)c1cc2c(C)nn(C)c2s1. The lowest BCUT2D eigenvalue weighted by atomic mass is 10.2. The fraction of sp³-hybridized carbons (Fsp3) is 0.368. The van der Waals surface area contributed by atoms with Crippen LogP contribution in [0.15, 0.2) is 24.3 Å². The number of thiophene rings is 1. The van der Waals surface area contributed by atoms with Crippen molar-refractivity contribution in [1.29, 1.82) is 0 Å². The fourth-order valence-electron chi connectivity index (χ4n) is 2.99. The summed E-state index contributed by atoms with van der Waals surface area (Å²) in [6, 6.07) is 7.67. The monoisotopic (exact) mass is 373 g/mol. The second kappa shape index (κ2) is 7.37. The highest BCUT2D eigenvalue weighted by atomic mass is 32.1. The first-order chi connectivity index (χ1) is 12.5. The minimum atomic E-state index is 0.0304. The normalized spacial score (nSPS) is 11.0. The van der Waals surface area contributed by atoms with Gasteiger partial charge in [-0.1, -0.05) is 6.07 Å². The maximum Gasteiger partial charge on any atom is 0.264 e. The van der Waals surface area contributed by atoms with E-state index in [1.54, 1.807) is 14.2 Å². The number of hydrogen-bond donors (Lipinski definition) is 0. The maximum absolute atomic E-state index is 13.0. The van der Waals surface area contributed by atoms with Gasteiger partial charge in [-0.25, -0.2) is 0 Å². The number of methoxy groups -OCH3 is 2. The summed E-state index contributed by atoms with van der Waals surface area (Å²) in [5.41, 5.74) is 1.94. The number of hydrogen-bond acceptors (Lipinski definition) is 5. The number of aryl methyl sites for hydroxylation is 2. The molecule has 0 aliphatic rings. The summed E-state index contributed by atoms with van der Waals surface area (Å²) in [6.07, 6.45) is 0. The van der Waals surface area contributed by atoms with Crippen LogP contribution < -0.4 is 9.47 Å². The number of nitrogens with zero attached hydrogens (tertiary/aromatic N) is 3. The molecule has 1 amide bonds. The average Bonchev–Trinajstić information content (AvgIpc) is 3.20. The fourth-order valence-corrected chi connectivity index (χ4v) is 4.08. The van der Waals surface area contributed by atoms with Gasteiger partial charge in [0, 0.05) is 25.5 Å². The molecule has 0 bridgehead atoms. The molecule has 2 aromatic heterocycles. The Balaban J connectivity index is 1.85. The van der Waals surface area contributed by atoms with Gasteiger partial charge < -0.3 is 14.4 Å². The minimum absolute atomic E-state index is 0.0304. The van der Waals surface area contributed by atoms with Crippen LogP contribution in [0.25, 0.3) is 10.2 Å². The third-order valence-electron chi connectivity index (χ3n) is 4.40. The number of carbonyl (C=O) groups excluding carboxylic acids is 1. The zero-order valence-corrected chi connectivity index (χ0v) is 16.5. The molecule has 0 radical (unpaired) electrons. The summed E-state index contributed by atoms with van der Waals surface area (Å²) >= 11 is 1.49. The summed E-state index contributed by atoms with van der Waals surface area (Å²) in [4.78, 5) is 16.6. The summed E-state index contributed by atoms with van der Waals surface area (Å²) in [7, 11) is 5.12. The molecule has 0 unspecified atom stereocenters. The van der Waals surface area contributed by atoms with Crippen LogP contribution in [0.1, 0.15) is 27.9 Å². The van der Waals surface area contributed by atoms with Crippen molar-refractivity contribution in [3.8, 4) is 11.5 Å². The van der Waals surface area contributed by atoms with Crippen LogP contribution in [-0.4, -0.2) is 41.4 Å². The minimum Gasteiger partial charge on any atom is -0.493 e. The van der Waals surface area contributed by atoms with E-state index in [1.165, 1.54) is 11.3 Å². The summed E-state index contributed by atoms with van der Waals surface area (Å²) in [5.74, 6) is 1.37. The summed E-state index contributed by atoms with van der Waals surface area (Å²) in [5, 5.41) is 5.44. The zero-order chi connectivity index (χ0) is 18.8. The van der Waals surface area contributed by atoms with Gasteiger partial charge in [-0.2, -0.15) is 5.10 Å². The zero-order valence-electron chi connectivity index (χ0n) is 15.7. The first-order valence-corrected chi connectivity index (χ1v) is 9.23. The molecular weight excluding hydrogens is 350 g/mol. The van der Waals surface area contributed by atoms with Gasteiger partial charge in [0.2, 0.25) is 0 Å². The molecule has 0 spiro atoms. The lowest BCUT2D eigenvalue weighted by Crippen LogP contribution is -2.29. The van der Waals surface area contributed by atoms with E-state index in [-0.39, 0.29) is 5.91 Å². The van der Waals surface area contributed by atoms with Crippen LogP contribution in [0.2, 0.25) is 0 Å². The lowest BCUT2D eigenvalue weighted by molar-refractivity contribution is 0.0757. The van der Waals surface area contributed by atoms with Crippen LogP contribution in [0.3, 0.4) is 0 Å². The molecule has 26 heavy (non-hydrogen) atoms. The standard InChI is InChI=1S/C19H23N3O3S/c1-6-22(11-13-7-8-15(24-4)16(9-13)25-5)18(23)17-10-14-12(2)20-21(3)19(14)26-17/h7-10H,6,11H2,1-5H3. The Labute approximate surface area is 156 Å². The molecule has 6 nitrogen and oxygen atoms in total. The predicted octanol–water partition coefficient (Wildman–Crippen LogP) is 3.62. The smallest absolute Gasteiger partial charge is 0.264 e. The van der Waals surface area contributed by atoms with Gasteiger partial charge in [-0.3, -0.25) is 9.48 Å². The van der Waals surface area contributed by atoms with Gasteiger partial charge in [-0.15, -0.1) is 11.3 Å². The van der Waals surface area contributed by atoms with Crippen molar-refractivity contribution in [3.63, 3.8) is 0 Å². The van der Waals surface area contributed by atoms with Gasteiger partial charge >= 0.3 is 0 Å². The first kappa shape index (κ1) is 18.3. The number of ether oxygens (including phenoxy) is 2. The van der Waals surface area contributed by atoms with Crippen LogP contribution in [0.5, 0.6) is 11.5 Å².